The molecule has 3 rings (SSSR count). The first kappa shape index (κ1) is 17.9. The molecule has 0 saturated carbocycles. The second kappa shape index (κ2) is 7.99. The summed E-state index contributed by atoms with van der Waals surface area (Å²) in [6, 6.07) is 2.08. The number of carbonyl (C=O) groups excluding carboxylic acids is 2. The number of carbonyl (C=O) groups is 3. The van der Waals surface area contributed by atoms with Crippen molar-refractivity contribution in [2.45, 2.75) is 45.1 Å². The van der Waals surface area contributed by atoms with Crippen LogP contribution >= 0.6 is 11.3 Å². The standard InChI is InChI=1S/C18H24N2O4S/c21-16(19-7-3-13(4-8-19)11-18(23)24)1-2-17(22)20-9-5-15-14(12-20)6-10-25-15/h6,10,13H,1-5,7-9,11-12H2,(H,23,24). The highest BCUT2D eigenvalue weighted by Gasteiger charge is 2.26. The number of carboxylic acids is 1. The van der Waals surface area contributed by atoms with E-state index >= 15 is 0 Å². The largest absolute Gasteiger partial charge is 0.481 e. The maximum absolute atomic E-state index is 12.4. The van der Waals surface area contributed by atoms with Crippen LogP contribution in [-0.4, -0.2) is 52.3 Å². The summed E-state index contributed by atoms with van der Waals surface area (Å²) in [5, 5.41) is 10.9. The summed E-state index contributed by atoms with van der Waals surface area (Å²) in [7, 11) is 0. The molecule has 1 N–H and O–H groups in total. The number of likely N-dealkylation sites (tertiary alicyclic amines) is 1. The number of hydrogen-bond acceptors (Lipinski definition) is 4. The Kier molecular flexibility index (Phi) is 5.73. The highest BCUT2D eigenvalue weighted by molar-refractivity contribution is 7.10. The molecule has 2 amide bonds. The summed E-state index contributed by atoms with van der Waals surface area (Å²) in [5.74, 6) is -0.552. The van der Waals surface area contributed by atoms with Gasteiger partial charge in [-0.1, -0.05) is 0 Å². The molecule has 3 heterocycles. The van der Waals surface area contributed by atoms with Crippen LogP contribution in [0.4, 0.5) is 0 Å². The Balaban J connectivity index is 1.41. The summed E-state index contributed by atoms with van der Waals surface area (Å²) < 4.78 is 0. The van der Waals surface area contributed by atoms with Gasteiger partial charge in [-0.3, -0.25) is 14.4 Å². The molecule has 1 aromatic rings. The van der Waals surface area contributed by atoms with Crippen LogP contribution in [-0.2, 0) is 27.3 Å². The minimum Gasteiger partial charge on any atom is -0.481 e. The molecule has 0 radical (unpaired) electrons. The maximum Gasteiger partial charge on any atom is 0.303 e. The van der Waals surface area contributed by atoms with E-state index in [1.54, 1.807) is 16.2 Å². The van der Waals surface area contributed by atoms with Gasteiger partial charge in [-0.25, -0.2) is 0 Å². The van der Waals surface area contributed by atoms with Gasteiger partial charge in [0, 0.05) is 50.3 Å². The van der Waals surface area contributed by atoms with E-state index in [1.165, 1.54) is 10.4 Å². The molecule has 0 spiro atoms. The Morgan fingerprint density at radius 2 is 1.76 bits per heavy atom. The van der Waals surface area contributed by atoms with Crippen molar-refractivity contribution in [3.8, 4) is 0 Å². The molecule has 1 fully saturated rings. The lowest BCUT2D eigenvalue weighted by Crippen LogP contribution is -2.40. The van der Waals surface area contributed by atoms with E-state index in [0.29, 0.717) is 19.6 Å². The maximum atomic E-state index is 12.4. The molecule has 6 nitrogen and oxygen atoms in total. The van der Waals surface area contributed by atoms with Crippen LogP contribution in [0.3, 0.4) is 0 Å². The first-order valence-electron chi connectivity index (χ1n) is 8.85. The summed E-state index contributed by atoms with van der Waals surface area (Å²) in [5.41, 5.74) is 1.23. The molecule has 0 unspecified atom stereocenters. The van der Waals surface area contributed by atoms with Gasteiger partial charge in [-0.15, -0.1) is 11.3 Å². The van der Waals surface area contributed by atoms with Crippen molar-refractivity contribution in [1.82, 2.24) is 9.80 Å². The first-order chi connectivity index (χ1) is 12.0. The molecule has 0 aromatic carbocycles. The normalized spacial score (nSPS) is 18.1. The number of thiophene rings is 1. The SMILES string of the molecule is O=C(O)CC1CCN(C(=O)CCC(=O)N2CCc3sccc3C2)CC1. The van der Waals surface area contributed by atoms with Crippen LogP contribution < -0.4 is 0 Å². The highest BCUT2D eigenvalue weighted by atomic mass is 32.1. The number of piperidine rings is 1. The third kappa shape index (κ3) is 4.60. The quantitative estimate of drug-likeness (QED) is 0.868. The van der Waals surface area contributed by atoms with Gasteiger partial charge in [0.05, 0.1) is 0 Å². The third-order valence-corrected chi connectivity index (χ3v) is 6.17. The summed E-state index contributed by atoms with van der Waals surface area (Å²) >= 11 is 1.74. The van der Waals surface area contributed by atoms with Gasteiger partial charge in [-0.2, -0.15) is 0 Å². The predicted octanol–water partition coefficient (Wildman–Crippen LogP) is 2.13. The highest BCUT2D eigenvalue weighted by Crippen LogP contribution is 2.25. The van der Waals surface area contributed by atoms with Crippen molar-refractivity contribution in [2.24, 2.45) is 5.92 Å². The van der Waals surface area contributed by atoms with E-state index < -0.39 is 5.97 Å². The molecule has 2 aliphatic rings. The smallest absolute Gasteiger partial charge is 0.303 e. The topological polar surface area (TPSA) is 77.9 Å². The van der Waals surface area contributed by atoms with Crippen molar-refractivity contribution < 1.29 is 19.5 Å². The van der Waals surface area contributed by atoms with E-state index in [4.69, 9.17) is 5.11 Å². The average molecular weight is 364 g/mol. The summed E-state index contributed by atoms with van der Waals surface area (Å²) in [4.78, 5) is 40.4. The zero-order valence-electron chi connectivity index (χ0n) is 14.3. The lowest BCUT2D eigenvalue weighted by Gasteiger charge is -2.32. The van der Waals surface area contributed by atoms with Crippen LogP contribution in [0, 0.1) is 5.92 Å². The van der Waals surface area contributed by atoms with Crippen LogP contribution in [0.15, 0.2) is 11.4 Å². The minimum absolute atomic E-state index is 0.00959. The first-order valence-corrected chi connectivity index (χ1v) is 9.73. The molecule has 0 aliphatic carbocycles. The van der Waals surface area contributed by atoms with Crippen molar-refractivity contribution in [1.29, 1.82) is 0 Å². The monoisotopic (exact) mass is 364 g/mol. The average Bonchev–Trinajstić information content (AvgIpc) is 3.07. The Morgan fingerprint density at radius 3 is 2.44 bits per heavy atom. The van der Waals surface area contributed by atoms with E-state index in [0.717, 1.165) is 25.8 Å². The number of hydrogen-bond donors (Lipinski definition) is 1. The fraction of sp³-hybridized carbons (Fsp3) is 0.611. The minimum atomic E-state index is -0.773. The van der Waals surface area contributed by atoms with Gasteiger partial charge in [0.2, 0.25) is 11.8 Å². The van der Waals surface area contributed by atoms with E-state index in [1.807, 2.05) is 4.90 Å². The summed E-state index contributed by atoms with van der Waals surface area (Å²) in [6.45, 7) is 2.60. The zero-order valence-corrected chi connectivity index (χ0v) is 15.1. The molecule has 1 aromatic heterocycles. The van der Waals surface area contributed by atoms with Crippen LogP contribution in [0.25, 0.3) is 0 Å². The molecule has 1 saturated heterocycles. The van der Waals surface area contributed by atoms with E-state index in [2.05, 4.69) is 11.4 Å². The Bertz CT molecular complexity index is 649. The number of nitrogens with zero attached hydrogens (tertiary/aromatic N) is 2. The van der Waals surface area contributed by atoms with Gasteiger partial charge in [0.1, 0.15) is 0 Å². The molecule has 0 atom stereocenters. The Hall–Kier alpha value is -1.89. The molecule has 7 heteroatoms. The van der Waals surface area contributed by atoms with Crippen LogP contribution in [0.1, 0.15) is 42.5 Å². The van der Waals surface area contributed by atoms with Crippen LogP contribution in [0.5, 0.6) is 0 Å². The molecular formula is C18H24N2O4S. The Labute approximate surface area is 151 Å². The molecule has 136 valence electrons. The fourth-order valence-corrected chi connectivity index (χ4v) is 4.51. The van der Waals surface area contributed by atoms with Crippen molar-refractivity contribution in [3.63, 3.8) is 0 Å². The predicted molar refractivity (Wildman–Crippen MR) is 94.2 cm³/mol. The van der Waals surface area contributed by atoms with Crippen molar-refractivity contribution in [3.05, 3.63) is 21.9 Å². The van der Waals surface area contributed by atoms with Crippen molar-refractivity contribution >= 4 is 29.1 Å². The number of aliphatic carboxylic acids is 1. The third-order valence-electron chi connectivity index (χ3n) is 5.14. The van der Waals surface area contributed by atoms with Gasteiger partial charge in [0.25, 0.3) is 0 Å². The second-order valence-electron chi connectivity index (χ2n) is 6.86. The fourth-order valence-electron chi connectivity index (χ4n) is 3.62. The number of rotatable bonds is 5. The van der Waals surface area contributed by atoms with Gasteiger partial charge in [0.15, 0.2) is 0 Å². The zero-order chi connectivity index (χ0) is 17.8. The number of carboxylic acid groups (broad SMARTS) is 1. The molecule has 2 aliphatic heterocycles. The number of amides is 2. The molecular weight excluding hydrogens is 340 g/mol. The molecule has 25 heavy (non-hydrogen) atoms. The van der Waals surface area contributed by atoms with E-state index in [-0.39, 0.29) is 37.0 Å². The van der Waals surface area contributed by atoms with Crippen LogP contribution in [0.2, 0.25) is 0 Å². The lowest BCUT2D eigenvalue weighted by molar-refractivity contribution is -0.140. The Morgan fingerprint density at radius 1 is 1.08 bits per heavy atom. The van der Waals surface area contributed by atoms with Crippen molar-refractivity contribution in [2.75, 3.05) is 19.6 Å². The van der Waals surface area contributed by atoms with Gasteiger partial charge in [-0.05, 0) is 42.2 Å². The van der Waals surface area contributed by atoms with Gasteiger partial charge >= 0.3 is 5.97 Å². The summed E-state index contributed by atoms with van der Waals surface area (Å²) in [6.07, 6.45) is 3.06. The number of fused-ring (bicyclic) bond motifs is 1. The second-order valence-corrected chi connectivity index (χ2v) is 7.86. The van der Waals surface area contributed by atoms with E-state index in [9.17, 15) is 14.4 Å². The molecule has 0 bridgehead atoms. The lowest BCUT2D eigenvalue weighted by atomic mass is 9.93. The van der Waals surface area contributed by atoms with Gasteiger partial charge < -0.3 is 14.9 Å².